The number of carbonyl (C=O) groups excluding carboxylic acids is 1. The highest BCUT2D eigenvalue weighted by atomic mass is 79.9. The molecule has 1 unspecified atom stereocenters. The van der Waals surface area contributed by atoms with Gasteiger partial charge in [0.15, 0.2) is 0 Å². The molecule has 19 heavy (non-hydrogen) atoms. The van der Waals surface area contributed by atoms with Crippen molar-refractivity contribution >= 4 is 39.3 Å². The minimum Gasteiger partial charge on any atom is -0.464 e. The van der Waals surface area contributed by atoms with E-state index in [4.69, 9.17) is 4.74 Å². The average Bonchev–Trinajstić information content (AvgIpc) is 2.40. The third-order valence-electron chi connectivity index (χ3n) is 2.60. The molecular weight excluding hydrogens is 326 g/mol. The summed E-state index contributed by atoms with van der Waals surface area (Å²) in [5.41, 5.74) is 0.936. The lowest BCUT2D eigenvalue weighted by molar-refractivity contribution is -0.144. The molecule has 0 aliphatic rings. The Morgan fingerprint density at radius 2 is 2.11 bits per heavy atom. The summed E-state index contributed by atoms with van der Waals surface area (Å²) in [6.07, 6.45) is 3.85. The van der Waals surface area contributed by atoms with Crippen LogP contribution >= 0.6 is 27.7 Å². The molecule has 1 N–H and O–H groups in total. The normalized spacial score (nSPS) is 11.9. The van der Waals surface area contributed by atoms with E-state index in [2.05, 4.69) is 27.5 Å². The topological polar surface area (TPSA) is 38.3 Å². The number of anilines is 1. The van der Waals surface area contributed by atoms with Crippen molar-refractivity contribution in [1.29, 1.82) is 0 Å². The molecule has 1 aromatic rings. The van der Waals surface area contributed by atoms with E-state index < -0.39 is 0 Å². The lowest BCUT2D eigenvalue weighted by atomic mass is 10.1. The Labute approximate surface area is 127 Å². The third-order valence-corrected chi connectivity index (χ3v) is 3.82. The van der Waals surface area contributed by atoms with Crippen LogP contribution in [0.2, 0.25) is 0 Å². The van der Waals surface area contributed by atoms with Crippen LogP contribution in [0.1, 0.15) is 19.8 Å². The van der Waals surface area contributed by atoms with Crippen molar-refractivity contribution in [2.45, 2.75) is 25.8 Å². The van der Waals surface area contributed by atoms with Crippen LogP contribution in [0.5, 0.6) is 0 Å². The van der Waals surface area contributed by atoms with Gasteiger partial charge in [-0.15, -0.1) is 0 Å². The summed E-state index contributed by atoms with van der Waals surface area (Å²) < 4.78 is 6.13. The fourth-order valence-corrected chi connectivity index (χ4v) is 2.39. The fourth-order valence-electron chi connectivity index (χ4n) is 1.67. The Morgan fingerprint density at radius 3 is 2.68 bits per heavy atom. The van der Waals surface area contributed by atoms with Crippen molar-refractivity contribution in [1.82, 2.24) is 0 Å². The van der Waals surface area contributed by atoms with Gasteiger partial charge in [0, 0.05) is 10.2 Å². The maximum atomic E-state index is 11.9. The molecule has 0 spiro atoms. The number of benzene rings is 1. The monoisotopic (exact) mass is 345 g/mol. The lowest BCUT2D eigenvalue weighted by Gasteiger charge is -2.18. The van der Waals surface area contributed by atoms with Gasteiger partial charge >= 0.3 is 5.97 Å². The fraction of sp³-hybridized carbons (Fsp3) is 0.500. The van der Waals surface area contributed by atoms with Crippen LogP contribution < -0.4 is 5.32 Å². The van der Waals surface area contributed by atoms with E-state index in [-0.39, 0.29) is 12.0 Å². The zero-order valence-corrected chi connectivity index (χ0v) is 13.7. The summed E-state index contributed by atoms with van der Waals surface area (Å²) in [6, 6.07) is 7.53. The standard InChI is InChI=1S/C14H20BrNO2S/c1-3-18-14(17)13(5-4-10-19-2)16-12-8-6-11(15)7-9-12/h6-9,13,16H,3-5,10H2,1-2H3. The van der Waals surface area contributed by atoms with E-state index >= 15 is 0 Å². The van der Waals surface area contributed by atoms with Gasteiger partial charge in [0.25, 0.3) is 0 Å². The molecule has 1 aromatic carbocycles. The number of carbonyl (C=O) groups is 1. The van der Waals surface area contributed by atoms with Gasteiger partial charge in [-0.1, -0.05) is 15.9 Å². The molecule has 1 atom stereocenters. The summed E-state index contributed by atoms with van der Waals surface area (Å²) in [4.78, 5) is 11.9. The second-order valence-electron chi connectivity index (χ2n) is 4.09. The van der Waals surface area contributed by atoms with Crippen molar-refractivity contribution in [3.8, 4) is 0 Å². The van der Waals surface area contributed by atoms with E-state index in [0.29, 0.717) is 6.61 Å². The Kier molecular flexibility index (Phi) is 7.98. The van der Waals surface area contributed by atoms with Crippen LogP contribution in [0.3, 0.4) is 0 Å². The molecule has 0 aliphatic heterocycles. The Balaban J connectivity index is 2.61. The molecule has 3 nitrogen and oxygen atoms in total. The van der Waals surface area contributed by atoms with E-state index in [1.165, 1.54) is 0 Å². The SMILES string of the molecule is CCOC(=O)C(CCCSC)Nc1ccc(Br)cc1. The van der Waals surface area contributed by atoms with Crippen molar-refractivity contribution in [3.05, 3.63) is 28.7 Å². The van der Waals surface area contributed by atoms with E-state index in [9.17, 15) is 4.79 Å². The van der Waals surface area contributed by atoms with Crippen LogP contribution in [-0.2, 0) is 9.53 Å². The molecule has 0 saturated heterocycles. The Morgan fingerprint density at radius 1 is 1.42 bits per heavy atom. The van der Waals surface area contributed by atoms with Crippen LogP contribution in [0.4, 0.5) is 5.69 Å². The Bertz CT molecular complexity index is 384. The van der Waals surface area contributed by atoms with Crippen LogP contribution in [-0.4, -0.2) is 30.6 Å². The minimum atomic E-state index is -0.270. The highest BCUT2D eigenvalue weighted by Gasteiger charge is 2.18. The molecule has 0 radical (unpaired) electrons. The molecule has 0 amide bonds. The molecule has 106 valence electrons. The number of hydrogen-bond acceptors (Lipinski definition) is 4. The van der Waals surface area contributed by atoms with Gasteiger partial charge in [-0.25, -0.2) is 4.79 Å². The number of halogens is 1. The van der Waals surface area contributed by atoms with E-state index in [1.807, 2.05) is 31.2 Å². The molecule has 0 fully saturated rings. The number of hydrogen-bond donors (Lipinski definition) is 1. The molecule has 0 aromatic heterocycles. The molecular formula is C14H20BrNO2S. The van der Waals surface area contributed by atoms with Crippen LogP contribution in [0, 0.1) is 0 Å². The predicted octanol–water partition coefficient (Wildman–Crippen LogP) is 3.94. The molecule has 0 heterocycles. The van der Waals surface area contributed by atoms with Crippen LogP contribution in [0.25, 0.3) is 0 Å². The van der Waals surface area contributed by atoms with Gasteiger partial charge < -0.3 is 10.1 Å². The molecule has 0 aliphatic carbocycles. The third kappa shape index (κ3) is 6.34. The van der Waals surface area contributed by atoms with Gasteiger partial charge in [-0.3, -0.25) is 0 Å². The van der Waals surface area contributed by atoms with Gasteiger partial charge in [0.1, 0.15) is 6.04 Å². The zero-order chi connectivity index (χ0) is 14.1. The Hall–Kier alpha value is -0.680. The van der Waals surface area contributed by atoms with Crippen molar-refractivity contribution in [3.63, 3.8) is 0 Å². The van der Waals surface area contributed by atoms with E-state index in [1.54, 1.807) is 11.8 Å². The summed E-state index contributed by atoms with van der Waals surface area (Å²) in [6.45, 7) is 2.25. The van der Waals surface area contributed by atoms with Crippen molar-refractivity contribution in [2.75, 3.05) is 23.9 Å². The maximum Gasteiger partial charge on any atom is 0.328 e. The first-order valence-corrected chi connectivity index (χ1v) is 8.53. The number of rotatable bonds is 8. The first-order chi connectivity index (χ1) is 9.17. The second kappa shape index (κ2) is 9.26. The second-order valence-corrected chi connectivity index (χ2v) is 5.99. The largest absolute Gasteiger partial charge is 0.464 e. The molecule has 1 rings (SSSR count). The van der Waals surface area contributed by atoms with Crippen molar-refractivity contribution < 1.29 is 9.53 Å². The summed E-state index contributed by atoms with van der Waals surface area (Å²) >= 11 is 5.19. The van der Waals surface area contributed by atoms with Gasteiger partial charge in [-0.2, -0.15) is 11.8 Å². The lowest BCUT2D eigenvalue weighted by Crippen LogP contribution is -2.31. The summed E-state index contributed by atoms with van der Waals surface area (Å²) in [5.74, 6) is 0.879. The highest BCUT2D eigenvalue weighted by Crippen LogP contribution is 2.17. The molecule has 0 bridgehead atoms. The van der Waals surface area contributed by atoms with Crippen molar-refractivity contribution in [2.24, 2.45) is 0 Å². The average molecular weight is 346 g/mol. The maximum absolute atomic E-state index is 11.9. The van der Waals surface area contributed by atoms with Crippen LogP contribution in [0.15, 0.2) is 28.7 Å². The predicted molar refractivity (Wildman–Crippen MR) is 85.8 cm³/mol. The smallest absolute Gasteiger partial charge is 0.328 e. The first-order valence-electron chi connectivity index (χ1n) is 6.35. The van der Waals surface area contributed by atoms with Gasteiger partial charge in [0.2, 0.25) is 0 Å². The quantitative estimate of drug-likeness (QED) is 0.572. The van der Waals surface area contributed by atoms with E-state index in [0.717, 1.165) is 28.8 Å². The molecule has 5 heteroatoms. The first kappa shape index (κ1) is 16.4. The summed E-state index contributed by atoms with van der Waals surface area (Å²) in [7, 11) is 0. The zero-order valence-electron chi connectivity index (χ0n) is 11.3. The van der Waals surface area contributed by atoms with Gasteiger partial charge in [-0.05, 0) is 56.0 Å². The summed E-state index contributed by atoms with van der Waals surface area (Å²) in [5, 5.41) is 3.25. The van der Waals surface area contributed by atoms with Gasteiger partial charge in [0.05, 0.1) is 6.61 Å². The highest BCUT2D eigenvalue weighted by molar-refractivity contribution is 9.10. The number of nitrogens with one attached hydrogen (secondary N) is 1. The minimum absolute atomic E-state index is 0.175. The molecule has 0 saturated carbocycles. The number of thioether (sulfide) groups is 1. The number of esters is 1. The number of ether oxygens (including phenoxy) is 1.